The van der Waals surface area contributed by atoms with Crippen molar-refractivity contribution >= 4 is 11.8 Å². The van der Waals surface area contributed by atoms with Crippen LogP contribution in [0.3, 0.4) is 0 Å². The van der Waals surface area contributed by atoms with Gasteiger partial charge < -0.3 is 10.1 Å². The summed E-state index contributed by atoms with van der Waals surface area (Å²) in [6.45, 7) is 5.36. The lowest BCUT2D eigenvalue weighted by Gasteiger charge is -2.14. The highest BCUT2D eigenvalue weighted by molar-refractivity contribution is 8.00. The second-order valence-electron chi connectivity index (χ2n) is 3.84. The third-order valence-corrected chi connectivity index (χ3v) is 3.92. The van der Waals surface area contributed by atoms with Crippen LogP contribution in [0.2, 0.25) is 0 Å². The topological polar surface area (TPSA) is 21.3 Å². The van der Waals surface area contributed by atoms with E-state index < -0.39 is 0 Å². The third kappa shape index (κ3) is 3.72. The van der Waals surface area contributed by atoms with Crippen molar-refractivity contribution in [3.63, 3.8) is 0 Å². The number of thioether (sulfide) groups is 1. The van der Waals surface area contributed by atoms with Crippen LogP contribution < -0.4 is 10.1 Å². The summed E-state index contributed by atoms with van der Waals surface area (Å²) >= 11 is 1.93. The maximum absolute atomic E-state index is 5.26. The van der Waals surface area contributed by atoms with E-state index in [9.17, 15) is 0 Å². The number of nitrogens with one attached hydrogen (secondary N) is 1. The summed E-state index contributed by atoms with van der Waals surface area (Å²) in [5.41, 5.74) is 1.20. The first-order valence-corrected chi connectivity index (χ1v) is 6.55. The van der Waals surface area contributed by atoms with Crippen LogP contribution in [0.4, 0.5) is 0 Å². The number of hydrogen-bond acceptors (Lipinski definition) is 3. The van der Waals surface area contributed by atoms with Crippen molar-refractivity contribution in [1.29, 1.82) is 0 Å². The Morgan fingerprint density at radius 2 is 2.19 bits per heavy atom. The molecule has 0 fully saturated rings. The first-order chi connectivity index (χ1) is 7.71. The number of methoxy groups -OCH3 is 1. The molecule has 0 aliphatic rings. The molecule has 90 valence electrons. The average molecular weight is 239 g/mol. The van der Waals surface area contributed by atoms with Gasteiger partial charge in [-0.25, -0.2) is 0 Å². The van der Waals surface area contributed by atoms with Crippen molar-refractivity contribution in [2.24, 2.45) is 0 Å². The van der Waals surface area contributed by atoms with E-state index in [1.807, 2.05) is 24.9 Å². The lowest BCUT2D eigenvalue weighted by Crippen LogP contribution is -2.20. The van der Waals surface area contributed by atoms with Gasteiger partial charge in [-0.1, -0.05) is 6.92 Å². The summed E-state index contributed by atoms with van der Waals surface area (Å²) in [6, 6.07) is 6.38. The average Bonchev–Trinajstić information content (AvgIpc) is 2.28. The first-order valence-electron chi connectivity index (χ1n) is 5.67. The minimum absolute atomic E-state index is 0.637. The van der Waals surface area contributed by atoms with E-state index in [1.54, 1.807) is 7.11 Å². The quantitative estimate of drug-likeness (QED) is 0.771. The van der Waals surface area contributed by atoms with Gasteiger partial charge >= 0.3 is 0 Å². The molecular weight excluding hydrogens is 218 g/mol. The number of rotatable bonds is 6. The lowest BCUT2D eigenvalue weighted by molar-refractivity contribution is 0.411. The predicted molar refractivity (Wildman–Crippen MR) is 71.6 cm³/mol. The molecule has 0 bridgehead atoms. The zero-order chi connectivity index (χ0) is 12.0. The molecule has 0 aromatic heterocycles. The second kappa shape index (κ2) is 6.81. The summed E-state index contributed by atoms with van der Waals surface area (Å²) in [5.74, 6) is 0.964. The van der Waals surface area contributed by atoms with E-state index in [0.717, 1.165) is 12.3 Å². The number of ether oxygens (including phenoxy) is 1. The normalized spacial score (nSPS) is 12.5. The van der Waals surface area contributed by atoms with Crippen molar-refractivity contribution in [2.75, 3.05) is 20.7 Å². The van der Waals surface area contributed by atoms with Gasteiger partial charge in [0.15, 0.2) is 0 Å². The molecule has 16 heavy (non-hydrogen) atoms. The van der Waals surface area contributed by atoms with E-state index in [1.165, 1.54) is 16.9 Å². The van der Waals surface area contributed by atoms with Crippen LogP contribution in [-0.2, 0) is 0 Å². The van der Waals surface area contributed by atoms with E-state index in [4.69, 9.17) is 4.74 Å². The van der Waals surface area contributed by atoms with Crippen molar-refractivity contribution in [1.82, 2.24) is 5.32 Å². The van der Waals surface area contributed by atoms with Crippen LogP contribution in [0.25, 0.3) is 0 Å². The Hall–Kier alpha value is -0.670. The molecule has 1 atom stereocenters. The van der Waals surface area contributed by atoms with E-state index >= 15 is 0 Å². The predicted octanol–water partition coefficient (Wildman–Crippen LogP) is 3.09. The monoisotopic (exact) mass is 239 g/mol. The van der Waals surface area contributed by atoms with Crippen LogP contribution in [0, 0.1) is 6.92 Å². The molecule has 0 aliphatic carbocycles. The van der Waals surface area contributed by atoms with Gasteiger partial charge in [0.05, 0.1) is 7.11 Å². The Kier molecular flexibility index (Phi) is 5.71. The van der Waals surface area contributed by atoms with Crippen LogP contribution in [0.1, 0.15) is 18.9 Å². The van der Waals surface area contributed by atoms with Gasteiger partial charge in [0, 0.05) is 16.7 Å². The number of aryl methyl sites for hydroxylation is 1. The Balaban J connectivity index is 2.69. The Bertz CT molecular complexity index is 328. The maximum Gasteiger partial charge on any atom is 0.121 e. The van der Waals surface area contributed by atoms with Crippen LogP contribution in [0.15, 0.2) is 23.1 Å². The van der Waals surface area contributed by atoms with Gasteiger partial charge in [0.25, 0.3) is 0 Å². The molecule has 2 nitrogen and oxygen atoms in total. The fourth-order valence-electron chi connectivity index (χ4n) is 1.61. The Morgan fingerprint density at radius 3 is 2.69 bits per heavy atom. The summed E-state index contributed by atoms with van der Waals surface area (Å²) in [4.78, 5) is 1.32. The number of hydrogen-bond donors (Lipinski definition) is 1. The Morgan fingerprint density at radius 1 is 1.44 bits per heavy atom. The minimum atomic E-state index is 0.637. The second-order valence-corrected chi connectivity index (χ2v) is 5.21. The third-order valence-electron chi connectivity index (χ3n) is 2.56. The molecule has 1 N–H and O–H groups in total. The van der Waals surface area contributed by atoms with Gasteiger partial charge in [-0.3, -0.25) is 0 Å². The fourth-order valence-corrected chi connectivity index (χ4v) is 2.81. The van der Waals surface area contributed by atoms with Gasteiger partial charge in [0.1, 0.15) is 5.75 Å². The highest BCUT2D eigenvalue weighted by Gasteiger charge is 2.08. The molecule has 1 rings (SSSR count). The van der Waals surface area contributed by atoms with Gasteiger partial charge in [-0.2, -0.15) is 0 Å². The Labute approximate surface area is 103 Å². The molecule has 1 aromatic carbocycles. The molecule has 0 saturated carbocycles. The van der Waals surface area contributed by atoms with Crippen molar-refractivity contribution in [3.05, 3.63) is 23.8 Å². The minimum Gasteiger partial charge on any atom is -0.496 e. The smallest absolute Gasteiger partial charge is 0.121 e. The van der Waals surface area contributed by atoms with Gasteiger partial charge in [-0.15, -0.1) is 11.8 Å². The molecule has 0 saturated heterocycles. The zero-order valence-electron chi connectivity index (χ0n) is 10.5. The van der Waals surface area contributed by atoms with Gasteiger partial charge in [0.2, 0.25) is 0 Å². The molecule has 0 radical (unpaired) electrons. The highest BCUT2D eigenvalue weighted by Crippen LogP contribution is 2.29. The highest BCUT2D eigenvalue weighted by atomic mass is 32.2. The first kappa shape index (κ1) is 13.4. The van der Waals surface area contributed by atoms with Crippen LogP contribution in [0.5, 0.6) is 5.75 Å². The standard InChI is InChI=1S/C13H21NOS/c1-5-11(9-14-3)16-12-6-7-13(15-4)10(2)8-12/h6-8,11,14H,5,9H2,1-4H3. The zero-order valence-corrected chi connectivity index (χ0v) is 11.4. The summed E-state index contributed by atoms with van der Waals surface area (Å²) in [7, 11) is 3.72. The van der Waals surface area contributed by atoms with Crippen LogP contribution >= 0.6 is 11.8 Å². The fraction of sp³-hybridized carbons (Fsp3) is 0.538. The largest absolute Gasteiger partial charge is 0.496 e. The number of benzene rings is 1. The SMILES string of the molecule is CCC(CNC)Sc1ccc(OC)c(C)c1. The molecule has 0 heterocycles. The lowest BCUT2D eigenvalue weighted by atomic mass is 10.2. The maximum atomic E-state index is 5.26. The summed E-state index contributed by atoms with van der Waals surface area (Å²) < 4.78 is 5.26. The summed E-state index contributed by atoms with van der Waals surface area (Å²) in [6.07, 6.45) is 1.18. The van der Waals surface area contributed by atoms with Gasteiger partial charge in [-0.05, 0) is 44.2 Å². The molecular formula is C13H21NOS. The summed E-state index contributed by atoms with van der Waals surface area (Å²) in [5, 5.41) is 3.87. The molecule has 1 unspecified atom stereocenters. The van der Waals surface area contributed by atoms with Crippen molar-refractivity contribution in [2.45, 2.75) is 30.4 Å². The van der Waals surface area contributed by atoms with Crippen molar-refractivity contribution in [3.8, 4) is 5.75 Å². The van der Waals surface area contributed by atoms with E-state index in [-0.39, 0.29) is 0 Å². The molecule has 0 spiro atoms. The van der Waals surface area contributed by atoms with E-state index in [2.05, 4.69) is 31.3 Å². The molecule has 1 aromatic rings. The molecule has 0 aliphatic heterocycles. The van der Waals surface area contributed by atoms with Crippen LogP contribution in [-0.4, -0.2) is 26.0 Å². The molecule has 3 heteroatoms. The van der Waals surface area contributed by atoms with E-state index in [0.29, 0.717) is 5.25 Å². The molecule has 0 amide bonds. The van der Waals surface area contributed by atoms with Crippen molar-refractivity contribution < 1.29 is 4.74 Å².